The molecule has 0 heterocycles. The number of hydrogen-bond acceptors (Lipinski definition) is 3. The quantitative estimate of drug-likeness (QED) is 0.0488. The van der Waals surface area contributed by atoms with Crippen LogP contribution in [0, 0.1) is 0 Å². The number of carbonyl (C=O) groups excluding carboxylic acids is 1. The summed E-state index contributed by atoms with van der Waals surface area (Å²) in [6, 6.07) is -0.657. The van der Waals surface area contributed by atoms with Crippen LogP contribution in [0.4, 0.5) is 0 Å². The Morgan fingerprint density at radius 3 is 1.49 bits per heavy atom. The Morgan fingerprint density at radius 2 is 0.957 bits per heavy atom. The zero-order chi connectivity index (χ0) is 34.3. The first kappa shape index (κ1) is 44.6. The van der Waals surface area contributed by atoms with Gasteiger partial charge in [-0.25, -0.2) is 0 Å². The topological polar surface area (TPSA) is 69.6 Å². The smallest absolute Gasteiger partial charge is 0.220 e. The number of amides is 1. The fraction of sp³-hybridized carbons (Fsp3) is 0.651. The van der Waals surface area contributed by atoms with Crippen molar-refractivity contribution in [3.05, 3.63) is 85.1 Å². The molecular formula is C43H73NO3. The van der Waals surface area contributed by atoms with Gasteiger partial charge in [0, 0.05) is 6.42 Å². The van der Waals surface area contributed by atoms with Gasteiger partial charge in [0.1, 0.15) is 0 Å². The molecule has 0 aliphatic heterocycles. The predicted octanol–water partition coefficient (Wildman–Crippen LogP) is 11.7. The third-order valence-corrected chi connectivity index (χ3v) is 8.09. The number of aliphatic hydroxyl groups is 2. The van der Waals surface area contributed by atoms with E-state index in [1.807, 2.05) is 6.08 Å². The summed E-state index contributed by atoms with van der Waals surface area (Å²) in [5, 5.41) is 22.9. The average Bonchev–Trinajstić information content (AvgIpc) is 3.07. The van der Waals surface area contributed by atoms with E-state index < -0.39 is 12.1 Å². The van der Waals surface area contributed by atoms with E-state index >= 15 is 0 Å². The largest absolute Gasteiger partial charge is 0.394 e. The molecule has 0 aliphatic carbocycles. The van der Waals surface area contributed by atoms with Gasteiger partial charge in [-0.1, -0.05) is 157 Å². The number of allylic oxidation sites excluding steroid dienone is 13. The van der Waals surface area contributed by atoms with Gasteiger partial charge in [0.25, 0.3) is 0 Å². The number of aliphatic hydroxyl groups excluding tert-OH is 2. The van der Waals surface area contributed by atoms with E-state index in [0.29, 0.717) is 6.42 Å². The zero-order valence-electron chi connectivity index (χ0n) is 30.5. The maximum atomic E-state index is 12.3. The lowest BCUT2D eigenvalue weighted by Gasteiger charge is -2.19. The lowest BCUT2D eigenvalue weighted by Crippen LogP contribution is -2.45. The molecule has 0 spiro atoms. The molecule has 2 atom stereocenters. The number of nitrogens with one attached hydrogen (secondary N) is 1. The number of unbranched alkanes of at least 4 members (excludes halogenated alkanes) is 14. The number of carbonyl (C=O) groups is 1. The van der Waals surface area contributed by atoms with Crippen LogP contribution in [0.5, 0.6) is 0 Å². The van der Waals surface area contributed by atoms with Crippen molar-refractivity contribution in [3.63, 3.8) is 0 Å². The first-order chi connectivity index (χ1) is 23.2. The molecule has 0 aromatic carbocycles. The van der Waals surface area contributed by atoms with Crippen molar-refractivity contribution in [2.75, 3.05) is 6.61 Å². The van der Waals surface area contributed by atoms with Crippen molar-refractivity contribution in [1.82, 2.24) is 5.32 Å². The van der Waals surface area contributed by atoms with E-state index in [4.69, 9.17) is 0 Å². The second kappa shape index (κ2) is 38.0. The van der Waals surface area contributed by atoms with E-state index in [0.717, 1.165) is 77.0 Å². The van der Waals surface area contributed by atoms with Crippen LogP contribution in [-0.2, 0) is 4.79 Å². The van der Waals surface area contributed by atoms with Crippen molar-refractivity contribution in [2.45, 2.75) is 174 Å². The molecule has 0 fully saturated rings. The molecule has 1 amide bonds. The van der Waals surface area contributed by atoms with Gasteiger partial charge in [0.2, 0.25) is 5.91 Å². The molecule has 0 bridgehead atoms. The van der Waals surface area contributed by atoms with Crippen molar-refractivity contribution in [1.29, 1.82) is 0 Å². The Hall–Kier alpha value is -2.43. The van der Waals surface area contributed by atoms with Crippen LogP contribution in [0.25, 0.3) is 0 Å². The van der Waals surface area contributed by atoms with Crippen LogP contribution >= 0.6 is 0 Å². The van der Waals surface area contributed by atoms with Gasteiger partial charge in [-0.05, 0) is 83.5 Å². The number of rotatable bonds is 33. The summed E-state index contributed by atoms with van der Waals surface area (Å²) in [5.41, 5.74) is 0. The van der Waals surface area contributed by atoms with Crippen LogP contribution in [-0.4, -0.2) is 34.9 Å². The molecule has 2 unspecified atom stereocenters. The van der Waals surface area contributed by atoms with E-state index in [2.05, 4.69) is 92.1 Å². The highest BCUT2D eigenvalue weighted by Gasteiger charge is 2.17. The standard InChI is InChI=1S/C43H73NO3/c1-3-5-7-9-11-13-15-17-19-21-22-23-25-27-29-31-33-35-37-39-43(47)44-41(40-45)42(46)38-36-34-32-30-28-26-24-20-18-16-14-12-10-8-6-4-2/h5,7,11,13,17-20,22-23,28,30,36,38,41-42,45-46H,3-4,6,8-10,12,14-16,21,24-27,29,31-35,37,39-40H2,1-2H3,(H,44,47)/b7-5-,13-11-,19-17-,20-18+,23-22-,30-28+,38-36+. The third-order valence-electron chi connectivity index (χ3n) is 8.09. The maximum Gasteiger partial charge on any atom is 0.220 e. The van der Waals surface area contributed by atoms with Crippen LogP contribution in [0.2, 0.25) is 0 Å². The highest BCUT2D eigenvalue weighted by molar-refractivity contribution is 5.76. The molecular weight excluding hydrogens is 578 g/mol. The SMILES string of the molecule is CC/C=C\C/C=C\C/C=C\C/C=C\CCCCCCCCC(=O)NC(CO)C(O)/C=C/CC/C=C/CC/C=C/CCCCCCCC. The highest BCUT2D eigenvalue weighted by Crippen LogP contribution is 2.10. The van der Waals surface area contributed by atoms with Gasteiger partial charge in [-0.2, -0.15) is 0 Å². The molecule has 0 aromatic heterocycles. The summed E-state index contributed by atoms with van der Waals surface area (Å²) in [4.78, 5) is 12.3. The summed E-state index contributed by atoms with van der Waals surface area (Å²) >= 11 is 0. The van der Waals surface area contributed by atoms with Gasteiger partial charge in [0.05, 0.1) is 18.8 Å². The fourth-order valence-corrected chi connectivity index (χ4v) is 5.14. The molecule has 4 heteroatoms. The molecule has 47 heavy (non-hydrogen) atoms. The second-order valence-corrected chi connectivity index (χ2v) is 12.6. The van der Waals surface area contributed by atoms with Crippen LogP contribution < -0.4 is 5.32 Å². The van der Waals surface area contributed by atoms with Crippen molar-refractivity contribution in [3.8, 4) is 0 Å². The Bertz CT molecular complexity index is 879. The van der Waals surface area contributed by atoms with Gasteiger partial charge in [-0.15, -0.1) is 0 Å². The maximum absolute atomic E-state index is 12.3. The molecule has 0 rings (SSSR count). The Labute approximate surface area is 291 Å². The minimum absolute atomic E-state index is 0.0974. The number of hydrogen-bond donors (Lipinski definition) is 3. The van der Waals surface area contributed by atoms with Gasteiger partial charge in [-0.3, -0.25) is 4.79 Å². The molecule has 0 aromatic rings. The highest BCUT2D eigenvalue weighted by atomic mass is 16.3. The minimum atomic E-state index is -0.880. The molecule has 0 radical (unpaired) electrons. The van der Waals surface area contributed by atoms with Crippen molar-refractivity contribution < 1.29 is 15.0 Å². The first-order valence-corrected chi connectivity index (χ1v) is 19.3. The normalized spacial score (nSPS) is 14.0. The lowest BCUT2D eigenvalue weighted by atomic mass is 10.1. The first-order valence-electron chi connectivity index (χ1n) is 19.3. The molecule has 4 nitrogen and oxygen atoms in total. The van der Waals surface area contributed by atoms with Crippen LogP contribution in [0.15, 0.2) is 85.1 Å². The molecule has 0 aliphatic rings. The van der Waals surface area contributed by atoms with Gasteiger partial charge < -0.3 is 15.5 Å². The average molecular weight is 652 g/mol. The van der Waals surface area contributed by atoms with Crippen LogP contribution in [0.1, 0.15) is 162 Å². The summed E-state index contributed by atoms with van der Waals surface area (Å²) in [7, 11) is 0. The summed E-state index contributed by atoms with van der Waals surface area (Å²) in [6.45, 7) is 4.14. The predicted molar refractivity (Wildman–Crippen MR) is 207 cm³/mol. The van der Waals surface area contributed by atoms with E-state index in [9.17, 15) is 15.0 Å². The van der Waals surface area contributed by atoms with Gasteiger partial charge in [0.15, 0.2) is 0 Å². The molecule has 268 valence electrons. The van der Waals surface area contributed by atoms with E-state index in [1.165, 1.54) is 64.2 Å². The molecule has 3 N–H and O–H groups in total. The monoisotopic (exact) mass is 652 g/mol. The van der Waals surface area contributed by atoms with Gasteiger partial charge >= 0.3 is 0 Å². The summed E-state index contributed by atoms with van der Waals surface area (Å²) in [5.74, 6) is -0.0974. The van der Waals surface area contributed by atoms with Crippen molar-refractivity contribution in [2.24, 2.45) is 0 Å². The summed E-state index contributed by atoms with van der Waals surface area (Å²) in [6.07, 6.45) is 55.2. The fourth-order valence-electron chi connectivity index (χ4n) is 5.14. The zero-order valence-corrected chi connectivity index (χ0v) is 30.5. The van der Waals surface area contributed by atoms with Crippen molar-refractivity contribution >= 4 is 5.91 Å². The second-order valence-electron chi connectivity index (χ2n) is 12.6. The molecule has 0 saturated heterocycles. The van der Waals surface area contributed by atoms with E-state index in [1.54, 1.807) is 6.08 Å². The molecule has 0 saturated carbocycles. The Morgan fingerprint density at radius 1 is 0.532 bits per heavy atom. The Balaban J connectivity index is 3.76. The third kappa shape index (κ3) is 34.7. The van der Waals surface area contributed by atoms with E-state index in [-0.39, 0.29) is 12.5 Å². The van der Waals surface area contributed by atoms with Crippen LogP contribution in [0.3, 0.4) is 0 Å². The lowest BCUT2D eigenvalue weighted by molar-refractivity contribution is -0.123. The summed E-state index contributed by atoms with van der Waals surface area (Å²) < 4.78 is 0. The Kier molecular flexibility index (Phi) is 36.1. The minimum Gasteiger partial charge on any atom is -0.394 e.